The number of aromatic nitrogens is 2. The van der Waals surface area contributed by atoms with Gasteiger partial charge in [-0.3, -0.25) is 9.88 Å². The molecule has 3 rings (SSSR count). The first-order valence-corrected chi connectivity index (χ1v) is 8.86. The van der Waals surface area contributed by atoms with E-state index in [-0.39, 0.29) is 6.03 Å². The summed E-state index contributed by atoms with van der Waals surface area (Å²) in [5, 5.41) is 6.27. The lowest BCUT2D eigenvalue weighted by atomic mass is 10.1. The zero-order valence-electron chi connectivity index (χ0n) is 14.9. The number of urea groups is 1. The second-order valence-corrected chi connectivity index (χ2v) is 6.24. The van der Waals surface area contributed by atoms with Crippen LogP contribution in [0.3, 0.4) is 0 Å². The van der Waals surface area contributed by atoms with Crippen molar-refractivity contribution in [2.24, 2.45) is 0 Å². The van der Waals surface area contributed by atoms with Gasteiger partial charge >= 0.3 is 6.03 Å². The molecule has 1 aliphatic rings. The van der Waals surface area contributed by atoms with Gasteiger partial charge in [-0.15, -0.1) is 0 Å². The van der Waals surface area contributed by atoms with Crippen LogP contribution in [-0.2, 0) is 19.3 Å². The summed E-state index contributed by atoms with van der Waals surface area (Å²) in [6.45, 7) is 3.59. The highest BCUT2D eigenvalue weighted by Crippen LogP contribution is 2.19. The van der Waals surface area contributed by atoms with Gasteiger partial charge in [0.15, 0.2) is 0 Å². The zero-order valence-corrected chi connectivity index (χ0v) is 14.9. The van der Waals surface area contributed by atoms with Crippen molar-refractivity contribution in [1.82, 2.24) is 15.3 Å². The Bertz CT molecular complexity index is 729. The predicted molar refractivity (Wildman–Crippen MR) is 100 cm³/mol. The zero-order chi connectivity index (χ0) is 17.6. The van der Waals surface area contributed by atoms with Crippen molar-refractivity contribution < 1.29 is 4.79 Å². The van der Waals surface area contributed by atoms with E-state index in [0.29, 0.717) is 13.0 Å². The Kier molecular flexibility index (Phi) is 5.48. The molecule has 2 aromatic rings. The second kappa shape index (κ2) is 7.96. The molecule has 25 heavy (non-hydrogen) atoms. The van der Waals surface area contributed by atoms with Gasteiger partial charge in [-0.05, 0) is 43.0 Å². The van der Waals surface area contributed by atoms with Crippen LogP contribution >= 0.6 is 0 Å². The molecule has 3 heterocycles. The summed E-state index contributed by atoms with van der Waals surface area (Å²) >= 11 is 0. The standard InChI is InChI=1S/C19H25N5O/c1-3-15-8-9-17(13-22-15)24(2)19(25)21-12-10-16-7-6-14-5-4-11-20-18(14)23-16/h6-9,13H,3-5,10-12H2,1-2H3,(H,20,23)(H,21,25). The van der Waals surface area contributed by atoms with Crippen molar-refractivity contribution in [3.8, 4) is 0 Å². The number of carbonyl (C=O) groups excluding carboxylic acids is 1. The fourth-order valence-electron chi connectivity index (χ4n) is 2.87. The summed E-state index contributed by atoms with van der Waals surface area (Å²) < 4.78 is 0. The summed E-state index contributed by atoms with van der Waals surface area (Å²) in [6, 6.07) is 7.92. The Hall–Kier alpha value is -2.63. The minimum Gasteiger partial charge on any atom is -0.370 e. The van der Waals surface area contributed by atoms with Crippen LogP contribution in [0.2, 0.25) is 0 Å². The minimum atomic E-state index is -0.137. The van der Waals surface area contributed by atoms with Gasteiger partial charge in [0.25, 0.3) is 0 Å². The lowest BCUT2D eigenvalue weighted by molar-refractivity contribution is 0.247. The van der Waals surface area contributed by atoms with Crippen molar-refractivity contribution in [3.63, 3.8) is 0 Å². The number of nitrogens with one attached hydrogen (secondary N) is 2. The highest BCUT2D eigenvalue weighted by Gasteiger charge is 2.12. The Morgan fingerprint density at radius 2 is 2.12 bits per heavy atom. The number of carbonyl (C=O) groups is 1. The lowest BCUT2D eigenvalue weighted by Gasteiger charge is -2.19. The molecular weight excluding hydrogens is 314 g/mol. The van der Waals surface area contributed by atoms with Gasteiger partial charge in [0, 0.05) is 37.9 Å². The van der Waals surface area contributed by atoms with E-state index in [1.807, 2.05) is 12.1 Å². The smallest absolute Gasteiger partial charge is 0.321 e. The van der Waals surface area contributed by atoms with E-state index in [1.54, 1.807) is 18.1 Å². The number of fused-ring (bicyclic) bond motifs is 1. The SMILES string of the molecule is CCc1ccc(N(C)C(=O)NCCc2ccc3c(n2)NCCC3)cn1. The summed E-state index contributed by atoms with van der Waals surface area (Å²) in [5.41, 5.74) is 4.07. The molecule has 0 aromatic carbocycles. The van der Waals surface area contributed by atoms with Crippen LogP contribution in [0.25, 0.3) is 0 Å². The maximum atomic E-state index is 12.3. The fourth-order valence-corrected chi connectivity index (χ4v) is 2.87. The minimum absolute atomic E-state index is 0.137. The van der Waals surface area contributed by atoms with E-state index in [9.17, 15) is 4.79 Å². The third-order valence-electron chi connectivity index (χ3n) is 4.47. The summed E-state index contributed by atoms with van der Waals surface area (Å²) in [7, 11) is 1.75. The number of anilines is 2. The monoisotopic (exact) mass is 339 g/mol. The van der Waals surface area contributed by atoms with Gasteiger partial charge in [-0.25, -0.2) is 9.78 Å². The van der Waals surface area contributed by atoms with Crippen molar-refractivity contribution >= 4 is 17.5 Å². The van der Waals surface area contributed by atoms with E-state index >= 15 is 0 Å². The highest BCUT2D eigenvalue weighted by molar-refractivity contribution is 5.91. The first-order chi connectivity index (χ1) is 12.2. The molecule has 0 saturated heterocycles. The van der Waals surface area contributed by atoms with Crippen molar-refractivity contribution in [2.45, 2.75) is 32.6 Å². The van der Waals surface area contributed by atoms with Gasteiger partial charge in [0.2, 0.25) is 0 Å². The van der Waals surface area contributed by atoms with Crippen LogP contribution in [0.5, 0.6) is 0 Å². The van der Waals surface area contributed by atoms with Crippen LogP contribution < -0.4 is 15.5 Å². The molecule has 6 nitrogen and oxygen atoms in total. The van der Waals surface area contributed by atoms with Gasteiger partial charge < -0.3 is 10.6 Å². The fraction of sp³-hybridized carbons (Fsp3) is 0.421. The summed E-state index contributed by atoms with van der Waals surface area (Å²) in [4.78, 5) is 22.8. The van der Waals surface area contributed by atoms with Gasteiger partial charge in [0.1, 0.15) is 5.82 Å². The van der Waals surface area contributed by atoms with E-state index < -0.39 is 0 Å². The molecule has 132 valence electrons. The van der Waals surface area contributed by atoms with Gasteiger partial charge in [0.05, 0.1) is 11.9 Å². The highest BCUT2D eigenvalue weighted by atomic mass is 16.2. The molecule has 2 amide bonds. The van der Waals surface area contributed by atoms with Crippen molar-refractivity contribution in [1.29, 1.82) is 0 Å². The molecule has 1 aliphatic heterocycles. The summed E-state index contributed by atoms with van der Waals surface area (Å²) in [5.74, 6) is 0.995. The van der Waals surface area contributed by atoms with Crippen LogP contribution in [0.4, 0.5) is 16.3 Å². The van der Waals surface area contributed by atoms with E-state index in [4.69, 9.17) is 0 Å². The predicted octanol–water partition coefficient (Wildman–Crippen LogP) is 2.79. The average Bonchev–Trinajstić information content (AvgIpc) is 2.67. The average molecular weight is 339 g/mol. The molecule has 6 heteroatoms. The van der Waals surface area contributed by atoms with Crippen LogP contribution in [0, 0.1) is 0 Å². The maximum Gasteiger partial charge on any atom is 0.321 e. The van der Waals surface area contributed by atoms with E-state index in [0.717, 1.165) is 48.7 Å². The lowest BCUT2D eigenvalue weighted by Crippen LogP contribution is -2.38. The van der Waals surface area contributed by atoms with Gasteiger partial charge in [-0.2, -0.15) is 0 Å². The third kappa shape index (κ3) is 4.26. The largest absolute Gasteiger partial charge is 0.370 e. The third-order valence-corrected chi connectivity index (χ3v) is 4.47. The topological polar surface area (TPSA) is 70.2 Å². The maximum absolute atomic E-state index is 12.3. The Morgan fingerprint density at radius 3 is 2.88 bits per heavy atom. The second-order valence-electron chi connectivity index (χ2n) is 6.24. The number of nitrogens with zero attached hydrogens (tertiary/aromatic N) is 3. The normalized spacial score (nSPS) is 12.9. The first kappa shape index (κ1) is 17.2. The number of rotatable bonds is 5. The Balaban J connectivity index is 1.51. The summed E-state index contributed by atoms with van der Waals surface area (Å²) in [6.07, 6.45) is 5.57. The molecule has 0 unspecified atom stereocenters. The van der Waals surface area contributed by atoms with E-state index in [1.165, 1.54) is 5.56 Å². The molecular formula is C19H25N5O. The molecule has 2 aromatic heterocycles. The van der Waals surface area contributed by atoms with Crippen molar-refractivity contribution in [2.75, 3.05) is 30.4 Å². The van der Waals surface area contributed by atoms with Gasteiger partial charge in [-0.1, -0.05) is 13.0 Å². The molecule has 0 atom stereocenters. The Morgan fingerprint density at radius 1 is 1.28 bits per heavy atom. The van der Waals surface area contributed by atoms with Crippen molar-refractivity contribution in [3.05, 3.63) is 47.4 Å². The van der Waals surface area contributed by atoms with E-state index in [2.05, 4.69) is 39.7 Å². The molecule has 2 N–H and O–H groups in total. The molecule has 0 radical (unpaired) electrons. The first-order valence-electron chi connectivity index (χ1n) is 8.86. The number of pyridine rings is 2. The molecule has 0 aliphatic carbocycles. The number of aryl methyl sites for hydroxylation is 2. The van der Waals surface area contributed by atoms with Crippen LogP contribution in [-0.4, -0.2) is 36.1 Å². The quantitative estimate of drug-likeness (QED) is 0.879. The van der Waals surface area contributed by atoms with Crippen LogP contribution in [0.1, 0.15) is 30.3 Å². The number of amides is 2. The molecule has 0 spiro atoms. The number of hydrogen-bond acceptors (Lipinski definition) is 4. The number of hydrogen-bond donors (Lipinski definition) is 2. The van der Waals surface area contributed by atoms with Crippen LogP contribution in [0.15, 0.2) is 30.5 Å². The molecule has 0 saturated carbocycles. The molecule has 0 bridgehead atoms. The molecule has 0 fully saturated rings. The Labute approximate surface area is 148 Å².